The minimum absolute atomic E-state index is 0.236. The molecule has 0 aliphatic carbocycles. The summed E-state index contributed by atoms with van der Waals surface area (Å²) < 4.78 is 7.44. The van der Waals surface area contributed by atoms with Crippen LogP contribution in [0.15, 0.2) is 16.9 Å². The molecule has 1 atom stereocenters. The predicted molar refractivity (Wildman–Crippen MR) is 77.5 cm³/mol. The average Bonchev–Trinajstić information content (AvgIpc) is 3.09. The fraction of sp³-hybridized carbons (Fsp3) is 0.643. The van der Waals surface area contributed by atoms with E-state index in [4.69, 9.17) is 4.52 Å². The number of piperazine rings is 1. The van der Waals surface area contributed by atoms with Gasteiger partial charge in [0.25, 0.3) is 0 Å². The first-order valence-electron chi connectivity index (χ1n) is 7.51. The molecule has 7 heteroatoms. The minimum Gasteiger partial charge on any atom is -0.338 e. The van der Waals surface area contributed by atoms with Gasteiger partial charge in [-0.3, -0.25) is 4.90 Å². The predicted octanol–water partition coefficient (Wildman–Crippen LogP) is 0.902. The second-order valence-electron chi connectivity index (χ2n) is 5.44. The molecule has 1 aliphatic rings. The summed E-state index contributed by atoms with van der Waals surface area (Å²) in [4.78, 5) is 11.3. The standard InChI is InChI=1S/C14H22N6O/c1-3-4-12-17-13(21-18-12)10-20-8-5-15-9-11(20)14-16-6-7-19(14)2/h6-7,11,15H,3-5,8-10H2,1-2H3. The fourth-order valence-corrected chi connectivity index (χ4v) is 2.74. The molecule has 1 saturated heterocycles. The lowest BCUT2D eigenvalue weighted by Crippen LogP contribution is -2.46. The highest BCUT2D eigenvalue weighted by Gasteiger charge is 2.28. The van der Waals surface area contributed by atoms with E-state index in [0.29, 0.717) is 12.4 Å². The molecule has 2 aromatic rings. The van der Waals surface area contributed by atoms with Crippen LogP contribution in [0.5, 0.6) is 0 Å². The van der Waals surface area contributed by atoms with Crippen molar-refractivity contribution in [2.24, 2.45) is 7.05 Å². The molecule has 3 rings (SSSR count). The highest BCUT2D eigenvalue weighted by atomic mass is 16.5. The van der Waals surface area contributed by atoms with Crippen LogP contribution in [0.4, 0.5) is 0 Å². The normalized spacial score (nSPS) is 20.0. The van der Waals surface area contributed by atoms with E-state index < -0.39 is 0 Å². The zero-order valence-corrected chi connectivity index (χ0v) is 12.6. The van der Waals surface area contributed by atoms with E-state index in [1.807, 2.05) is 19.4 Å². The summed E-state index contributed by atoms with van der Waals surface area (Å²) >= 11 is 0. The Balaban J connectivity index is 1.73. The van der Waals surface area contributed by atoms with Gasteiger partial charge in [-0.2, -0.15) is 4.98 Å². The third-order valence-electron chi connectivity index (χ3n) is 3.83. The molecule has 0 aromatic carbocycles. The number of nitrogens with zero attached hydrogens (tertiary/aromatic N) is 5. The van der Waals surface area contributed by atoms with E-state index in [-0.39, 0.29) is 6.04 Å². The van der Waals surface area contributed by atoms with Crippen molar-refractivity contribution < 1.29 is 4.52 Å². The van der Waals surface area contributed by atoms with Crippen LogP contribution in [-0.4, -0.2) is 44.2 Å². The molecule has 1 aliphatic heterocycles. The van der Waals surface area contributed by atoms with E-state index in [0.717, 1.165) is 44.1 Å². The Hall–Kier alpha value is -1.73. The van der Waals surface area contributed by atoms with Gasteiger partial charge in [-0.15, -0.1) is 0 Å². The average molecular weight is 290 g/mol. The van der Waals surface area contributed by atoms with E-state index in [9.17, 15) is 0 Å². The Morgan fingerprint density at radius 1 is 1.48 bits per heavy atom. The molecule has 0 bridgehead atoms. The van der Waals surface area contributed by atoms with Crippen molar-refractivity contribution in [3.63, 3.8) is 0 Å². The van der Waals surface area contributed by atoms with E-state index in [2.05, 4.69) is 36.8 Å². The summed E-state index contributed by atoms with van der Waals surface area (Å²) in [5.74, 6) is 2.56. The van der Waals surface area contributed by atoms with Crippen molar-refractivity contribution in [3.05, 3.63) is 29.9 Å². The van der Waals surface area contributed by atoms with Crippen molar-refractivity contribution in [1.29, 1.82) is 0 Å². The molecule has 21 heavy (non-hydrogen) atoms. The molecular weight excluding hydrogens is 268 g/mol. The number of rotatable bonds is 5. The van der Waals surface area contributed by atoms with Crippen LogP contribution in [0.3, 0.4) is 0 Å². The van der Waals surface area contributed by atoms with Crippen LogP contribution in [0.2, 0.25) is 0 Å². The maximum atomic E-state index is 5.37. The monoisotopic (exact) mass is 290 g/mol. The number of hydrogen-bond donors (Lipinski definition) is 1. The van der Waals surface area contributed by atoms with Gasteiger partial charge in [-0.05, 0) is 6.42 Å². The van der Waals surface area contributed by atoms with Gasteiger partial charge in [0.05, 0.1) is 12.6 Å². The van der Waals surface area contributed by atoms with Gasteiger partial charge in [0.15, 0.2) is 5.82 Å². The topological polar surface area (TPSA) is 72.0 Å². The third-order valence-corrected chi connectivity index (χ3v) is 3.83. The summed E-state index contributed by atoms with van der Waals surface area (Å²) in [6.45, 7) is 5.60. The summed E-state index contributed by atoms with van der Waals surface area (Å²) in [5, 5.41) is 7.46. The lowest BCUT2D eigenvalue weighted by Gasteiger charge is -2.34. The number of hydrogen-bond acceptors (Lipinski definition) is 6. The summed E-state index contributed by atoms with van der Waals surface area (Å²) in [6.07, 6.45) is 5.72. The lowest BCUT2D eigenvalue weighted by molar-refractivity contribution is 0.128. The smallest absolute Gasteiger partial charge is 0.240 e. The Morgan fingerprint density at radius 2 is 2.38 bits per heavy atom. The first-order valence-corrected chi connectivity index (χ1v) is 7.51. The zero-order valence-electron chi connectivity index (χ0n) is 12.6. The van der Waals surface area contributed by atoms with Gasteiger partial charge in [0.2, 0.25) is 5.89 Å². The van der Waals surface area contributed by atoms with Crippen LogP contribution in [0.25, 0.3) is 0 Å². The molecule has 0 spiro atoms. The largest absolute Gasteiger partial charge is 0.338 e. The van der Waals surface area contributed by atoms with Crippen molar-refractivity contribution in [2.45, 2.75) is 32.4 Å². The van der Waals surface area contributed by atoms with E-state index in [1.165, 1.54) is 0 Å². The van der Waals surface area contributed by atoms with Crippen LogP contribution in [0, 0.1) is 0 Å². The lowest BCUT2D eigenvalue weighted by atomic mass is 10.1. The second-order valence-corrected chi connectivity index (χ2v) is 5.44. The highest BCUT2D eigenvalue weighted by Crippen LogP contribution is 2.22. The molecule has 1 N–H and O–H groups in total. The molecule has 7 nitrogen and oxygen atoms in total. The van der Waals surface area contributed by atoms with E-state index >= 15 is 0 Å². The van der Waals surface area contributed by atoms with Gasteiger partial charge in [-0.1, -0.05) is 12.1 Å². The molecule has 3 heterocycles. The molecule has 2 aromatic heterocycles. The van der Waals surface area contributed by atoms with Crippen molar-refractivity contribution in [2.75, 3.05) is 19.6 Å². The Kier molecular flexibility index (Phi) is 4.31. The van der Waals surface area contributed by atoms with Gasteiger partial charge < -0.3 is 14.4 Å². The number of imidazole rings is 1. The Bertz CT molecular complexity index is 578. The van der Waals surface area contributed by atoms with Crippen LogP contribution >= 0.6 is 0 Å². The number of aryl methyl sites for hydroxylation is 2. The summed E-state index contributed by atoms with van der Waals surface area (Å²) in [5.41, 5.74) is 0. The van der Waals surface area contributed by atoms with Crippen LogP contribution in [0.1, 0.15) is 36.9 Å². The summed E-state index contributed by atoms with van der Waals surface area (Å²) in [7, 11) is 2.03. The van der Waals surface area contributed by atoms with Crippen molar-refractivity contribution in [3.8, 4) is 0 Å². The molecule has 0 radical (unpaired) electrons. The highest BCUT2D eigenvalue weighted by molar-refractivity contribution is 5.02. The van der Waals surface area contributed by atoms with Crippen LogP contribution < -0.4 is 5.32 Å². The molecule has 1 unspecified atom stereocenters. The maximum Gasteiger partial charge on any atom is 0.240 e. The second kappa shape index (κ2) is 6.36. The first kappa shape index (κ1) is 14.2. The SMILES string of the molecule is CCCc1noc(CN2CCNCC2c2nccn2C)n1. The van der Waals surface area contributed by atoms with Gasteiger partial charge >= 0.3 is 0 Å². The fourth-order valence-electron chi connectivity index (χ4n) is 2.74. The van der Waals surface area contributed by atoms with Gasteiger partial charge in [0, 0.05) is 45.5 Å². The Morgan fingerprint density at radius 3 is 3.14 bits per heavy atom. The molecule has 0 amide bonds. The Labute approximate surface area is 124 Å². The zero-order chi connectivity index (χ0) is 14.7. The van der Waals surface area contributed by atoms with Crippen LogP contribution in [-0.2, 0) is 20.0 Å². The quantitative estimate of drug-likeness (QED) is 0.882. The van der Waals surface area contributed by atoms with Crippen molar-refractivity contribution >= 4 is 0 Å². The molecular formula is C14H22N6O. The molecule has 1 fully saturated rings. The minimum atomic E-state index is 0.236. The molecule has 114 valence electrons. The van der Waals surface area contributed by atoms with Gasteiger partial charge in [-0.25, -0.2) is 4.98 Å². The van der Waals surface area contributed by atoms with E-state index in [1.54, 1.807) is 0 Å². The summed E-state index contributed by atoms with van der Waals surface area (Å²) in [6, 6.07) is 0.236. The van der Waals surface area contributed by atoms with Crippen molar-refractivity contribution in [1.82, 2.24) is 29.9 Å². The van der Waals surface area contributed by atoms with Gasteiger partial charge in [0.1, 0.15) is 5.82 Å². The molecule has 0 saturated carbocycles. The first-order chi connectivity index (χ1) is 10.3. The number of nitrogens with one attached hydrogen (secondary N) is 1. The maximum absolute atomic E-state index is 5.37. The number of aromatic nitrogens is 4. The third kappa shape index (κ3) is 3.14.